The second-order valence-corrected chi connectivity index (χ2v) is 4.77. The summed E-state index contributed by atoms with van der Waals surface area (Å²) in [5, 5.41) is 1.27. The van der Waals surface area contributed by atoms with E-state index in [4.69, 9.17) is 4.74 Å². The van der Waals surface area contributed by atoms with E-state index in [0.717, 1.165) is 30.5 Å². The first-order valence-electron chi connectivity index (χ1n) is 6.50. The molecule has 0 atom stereocenters. The number of aromatic nitrogens is 1. The minimum atomic E-state index is -0.195. The Bertz CT molecular complexity index is 625. The normalized spacial score (nSPS) is 13.9. The average molecular weight is 243 g/mol. The predicted octanol–water partition coefficient (Wildman–Crippen LogP) is 2.84. The van der Waals surface area contributed by atoms with Crippen LogP contribution in [0.25, 0.3) is 10.9 Å². The lowest BCUT2D eigenvalue weighted by Crippen LogP contribution is -2.12. The van der Waals surface area contributed by atoms with Crippen LogP contribution in [-0.2, 0) is 24.6 Å². The summed E-state index contributed by atoms with van der Waals surface area (Å²) in [6, 6.07) is 6.32. The van der Waals surface area contributed by atoms with E-state index in [1.165, 1.54) is 16.5 Å². The number of benzene rings is 1. The van der Waals surface area contributed by atoms with E-state index in [0.29, 0.717) is 6.61 Å². The molecule has 1 aliphatic carbocycles. The molecule has 3 nitrogen and oxygen atoms in total. The molecule has 18 heavy (non-hydrogen) atoms. The summed E-state index contributed by atoms with van der Waals surface area (Å²) in [4.78, 5) is 12.1. The zero-order chi connectivity index (χ0) is 12.7. The maximum atomic E-state index is 12.1. The summed E-state index contributed by atoms with van der Waals surface area (Å²) < 4.78 is 7.17. The van der Waals surface area contributed by atoms with Gasteiger partial charge in [-0.15, -0.1) is 0 Å². The summed E-state index contributed by atoms with van der Waals surface area (Å²) in [5.74, 6) is -0.195. The maximum absolute atomic E-state index is 12.1. The molecule has 0 N–H and O–H groups in total. The van der Waals surface area contributed by atoms with Crippen molar-refractivity contribution in [3.8, 4) is 0 Å². The van der Waals surface area contributed by atoms with Gasteiger partial charge in [0.15, 0.2) is 0 Å². The van der Waals surface area contributed by atoms with Crippen molar-refractivity contribution in [2.24, 2.45) is 7.05 Å². The minimum absolute atomic E-state index is 0.195. The van der Waals surface area contributed by atoms with Gasteiger partial charge in [-0.3, -0.25) is 0 Å². The van der Waals surface area contributed by atoms with E-state index in [1.54, 1.807) is 0 Å². The van der Waals surface area contributed by atoms with Crippen molar-refractivity contribution in [2.45, 2.75) is 26.2 Å². The second-order valence-electron chi connectivity index (χ2n) is 4.77. The highest BCUT2D eigenvalue weighted by Crippen LogP contribution is 2.34. The number of rotatable bonds is 2. The summed E-state index contributed by atoms with van der Waals surface area (Å²) in [6.45, 7) is 2.27. The molecule has 1 aromatic carbocycles. The topological polar surface area (TPSA) is 31.2 Å². The van der Waals surface area contributed by atoms with Crippen LogP contribution in [0.1, 0.15) is 35.0 Å². The van der Waals surface area contributed by atoms with Crippen LogP contribution in [0, 0.1) is 0 Å². The molecule has 0 saturated heterocycles. The molecule has 0 saturated carbocycles. The first-order chi connectivity index (χ1) is 8.74. The molecule has 0 unspecified atom stereocenters. The molecular formula is C15H17NO2. The SMILES string of the molecule is CCOC(=O)c1c2c3c(cccc3n1C)CCC2. The smallest absolute Gasteiger partial charge is 0.355 e. The van der Waals surface area contributed by atoms with Crippen LogP contribution in [0.4, 0.5) is 0 Å². The van der Waals surface area contributed by atoms with E-state index in [2.05, 4.69) is 18.2 Å². The van der Waals surface area contributed by atoms with Crippen molar-refractivity contribution >= 4 is 16.9 Å². The van der Waals surface area contributed by atoms with Gasteiger partial charge in [-0.1, -0.05) is 12.1 Å². The van der Waals surface area contributed by atoms with Crippen molar-refractivity contribution < 1.29 is 9.53 Å². The van der Waals surface area contributed by atoms with Gasteiger partial charge >= 0.3 is 5.97 Å². The number of aryl methyl sites for hydroxylation is 3. The Morgan fingerprint density at radius 1 is 1.39 bits per heavy atom. The van der Waals surface area contributed by atoms with Gasteiger partial charge < -0.3 is 9.30 Å². The number of nitrogens with zero attached hydrogens (tertiary/aromatic N) is 1. The largest absolute Gasteiger partial charge is 0.461 e. The van der Waals surface area contributed by atoms with E-state index in [-0.39, 0.29) is 5.97 Å². The highest BCUT2D eigenvalue weighted by molar-refractivity contribution is 6.00. The third-order valence-electron chi connectivity index (χ3n) is 3.75. The Labute approximate surface area is 106 Å². The molecule has 0 radical (unpaired) electrons. The van der Waals surface area contributed by atoms with Crippen molar-refractivity contribution in [3.63, 3.8) is 0 Å². The molecule has 3 heteroatoms. The molecule has 0 spiro atoms. The maximum Gasteiger partial charge on any atom is 0.355 e. The van der Waals surface area contributed by atoms with Gasteiger partial charge in [0.2, 0.25) is 0 Å². The number of carbonyl (C=O) groups is 1. The Kier molecular flexibility index (Phi) is 2.62. The molecule has 3 rings (SSSR count). The number of carbonyl (C=O) groups excluding carboxylic acids is 1. The third-order valence-corrected chi connectivity index (χ3v) is 3.75. The quantitative estimate of drug-likeness (QED) is 0.759. The second kappa shape index (κ2) is 4.16. The molecule has 1 aliphatic rings. The van der Waals surface area contributed by atoms with E-state index >= 15 is 0 Å². The Morgan fingerprint density at radius 2 is 2.22 bits per heavy atom. The van der Waals surface area contributed by atoms with E-state index in [9.17, 15) is 4.79 Å². The summed E-state index contributed by atoms with van der Waals surface area (Å²) in [5.41, 5.74) is 4.41. The molecule has 1 heterocycles. The summed E-state index contributed by atoms with van der Waals surface area (Å²) in [7, 11) is 1.95. The van der Waals surface area contributed by atoms with Gasteiger partial charge in [0.25, 0.3) is 0 Å². The van der Waals surface area contributed by atoms with Gasteiger partial charge in [-0.2, -0.15) is 0 Å². The van der Waals surface area contributed by atoms with Crippen molar-refractivity contribution in [1.82, 2.24) is 4.57 Å². The minimum Gasteiger partial charge on any atom is -0.461 e. The zero-order valence-corrected chi connectivity index (χ0v) is 10.8. The van der Waals surface area contributed by atoms with Gasteiger partial charge in [-0.25, -0.2) is 4.79 Å². The molecule has 0 aliphatic heterocycles. The first kappa shape index (κ1) is 11.3. The van der Waals surface area contributed by atoms with Gasteiger partial charge in [0.1, 0.15) is 5.69 Å². The number of esters is 1. The van der Waals surface area contributed by atoms with Crippen molar-refractivity contribution in [1.29, 1.82) is 0 Å². The van der Waals surface area contributed by atoms with Gasteiger partial charge in [-0.05, 0) is 43.4 Å². The molecule has 0 amide bonds. The lowest BCUT2D eigenvalue weighted by atomic mass is 9.92. The summed E-state index contributed by atoms with van der Waals surface area (Å²) in [6.07, 6.45) is 3.20. The predicted molar refractivity (Wildman–Crippen MR) is 70.9 cm³/mol. The van der Waals surface area contributed by atoms with Crippen molar-refractivity contribution in [3.05, 3.63) is 35.0 Å². The Hall–Kier alpha value is -1.77. The van der Waals surface area contributed by atoms with Crippen LogP contribution in [-0.4, -0.2) is 17.1 Å². The fourth-order valence-electron chi connectivity index (χ4n) is 3.02. The molecule has 94 valence electrons. The molecule has 1 aromatic heterocycles. The van der Waals surface area contributed by atoms with Crippen LogP contribution in [0.5, 0.6) is 0 Å². The molecule has 2 aromatic rings. The third kappa shape index (κ3) is 1.47. The average Bonchev–Trinajstić information content (AvgIpc) is 2.66. The van der Waals surface area contributed by atoms with Crippen LogP contribution in [0.3, 0.4) is 0 Å². The van der Waals surface area contributed by atoms with Crippen LogP contribution < -0.4 is 0 Å². The van der Waals surface area contributed by atoms with Crippen LogP contribution >= 0.6 is 0 Å². The van der Waals surface area contributed by atoms with Gasteiger partial charge in [0.05, 0.1) is 6.61 Å². The monoisotopic (exact) mass is 243 g/mol. The Morgan fingerprint density at radius 3 is 3.00 bits per heavy atom. The van der Waals surface area contributed by atoms with E-state index in [1.807, 2.05) is 18.5 Å². The fourth-order valence-corrected chi connectivity index (χ4v) is 3.02. The lowest BCUT2D eigenvalue weighted by Gasteiger charge is -2.12. The van der Waals surface area contributed by atoms with E-state index < -0.39 is 0 Å². The number of ether oxygens (including phenoxy) is 1. The van der Waals surface area contributed by atoms with Gasteiger partial charge in [0, 0.05) is 18.0 Å². The standard InChI is InChI=1S/C15H17NO2/c1-3-18-15(17)14-11-8-4-6-10-7-5-9-12(13(10)11)16(14)2/h5,7,9H,3-4,6,8H2,1-2H3. The fraction of sp³-hybridized carbons (Fsp3) is 0.400. The number of hydrogen-bond acceptors (Lipinski definition) is 2. The number of hydrogen-bond donors (Lipinski definition) is 0. The molecule has 0 fully saturated rings. The lowest BCUT2D eigenvalue weighted by molar-refractivity contribution is 0.0514. The highest BCUT2D eigenvalue weighted by Gasteiger charge is 2.25. The summed E-state index contributed by atoms with van der Waals surface area (Å²) >= 11 is 0. The Balaban J connectivity index is 2.30. The first-order valence-corrected chi connectivity index (χ1v) is 6.50. The highest BCUT2D eigenvalue weighted by atomic mass is 16.5. The molecule has 0 bridgehead atoms. The molecular weight excluding hydrogens is 226 g/mol. The van der Waals surface area contributed by atoms with Crippen molar-refractivity contribution in [2.75, 3.05) is 6.61 Å². The van der Waals surface area contributed by atoms with Crippen LogP contribution in [0.2, 0.25) is 0 Å². The van der Waals surface area contributed by atoms with Crippen LogP contribution in [0.15, 0.2) is 18.2 Å². The zero-order valence-electron chi connectivity index (χ0n) is 10.8.